The Morgan fingerprint density at radius 3 is 2.70 bits per heavy atom. The van der Waals surface area contributed by atoms with Crippen molar-refractivity contribution in [1.82, 2.24) is 4.90 Å². The zero-order valence-corrected chi connectivity index (χ0v) is 14.5. The smallest absolute Gasteiger partial charge is 0.0521 e. The Bertz CT molecular complexity index is 454. The van der Waals surface area contributed by atoms with Gasteiger partial charge < -0.3 is 14.4 Å². The van der Waals surface area contributed by atoms with Gasteiger partial charge in [-0.2, -0.15) is 0 Å². The van der Waals surface area contributed by atoms with Crippen molar-refractivity contribution in [3.63, 3.8) is 0 Å². The van der Waals surface area contributed by atoms with Crippen LogP contribution < -0.4 is 0 Å². The first-order chi connectivity index (χ1) is 11.3. The zero-order chi connectivity index (χ0) is 16.0. The van der Waals surface area contributed by atoms with E-state index in [9.17, 15) is 0 Å². The SMILES string of the molecule is CCOC[C@H]1COCCC12CCN(CCc1ccccc1)CC2. The van der Waals surface area contributed by atoms with Crippen molar-refractivity contribution in [3.8, 4) is 0 Å². The molecule has 1 spiro atoms. The average molecular weight is 317 g/mol. The summed E-state index contributed by atoms with van der Waals surface area (Å²) in [4.78, 5) is 2.64. The number of piperidine rings is 1. The van der Waals surface area contributed by atoms with Gasteiger partial charge in [-0.1, -0.05) is 30.3 Å². The van der Waals surface area contributed by atoms with Crippen molar-refractivity contribution in [2.24, 2.45) is 11.3 Å². The van der Waals surface area contributed by atoms with Crippen LogP contribution in [0.25, 0.3) is 0 Å². The highest BCUT2D eigenvalue weighted by Crippen LogP contribution is 2.44. The van der Waals surface area contributed by atoms with Crippen LogP contribution in [0.2, 0.25) is 0 Å². The van der Waals surface area contributed by atoms with Gasteiger partial charge in [0.1, 0.15) is 0 Å². The van der Waals surface area contributed by atoms with Crippen LogP contribution in [0, 0.1) is 11.3 Å². The number of rotatable bonds is 6. The molecule has 0 bridgehead atoms. The predicted octanol–water partition coefficient (Wildman–Crippen LogP) is 3.38. The van der Waals surface area contributed by atoms with Gasteiger partial charge in [0.05, 0.1) is 13.2 Å². The first kappa shape index (κ1) is 16.9. The number of benzene rings is 1. The molecule has 3 heteroatoms. The molecule has 0 aliphatic carbocycles. The third kappa shape index (κ3) is 4.34. The highest BCUT2D eigenvalue weighted by molar-refractivity contribution is 5.14. The quantitative estimate of drug-likeness (QED) is 0.803. The molecule has 3 rings (SSSR count). The lowest BCUT2D eigenvalue weighted by molar-refractivity contribution is -0.0985. The molecular formula is C20H31NO2. The molecule has 2 heterocycles. The third-order valence-electron chi connectivity index (χ3n) is 5.86. The summed E-state index contributed by atoms with van der Waals surface area (Å²) in [5, 5.41) is 0. The molecule has 0 saturated carbocycles. The molecule has 2 fully saturated rings. The summed E-state index contributed by atoms with van der Waals surface area (Å²) >= 11 is 0. The molecule has 0 N–H and O–H groups in total. The van der Waals surface area contributed by atoms with Gasteiger partial charge in [0.25, 0.3) is 0 Å². The second kappa shape index (κ2) is 8.27. The average Bonchev–Trinajstić information content (AvgIpc) is 2.62. The van der Waals surface area contributed by atoms with Gasteiger partial charge in [0.15, 0.2) is 0 Å². The van der Waals surface area contributed by atoms with Gasteiger partial charge in [-0.25, -0.2) is 0 Å². The lowest BCUT2D eigenvalue weighted by Crippen LogP contribution is -2.49. The maximum absolute atomic E-state index is 5.75. The second-order valence-electron chi connectivity index (χ2n) is 7.12. The number of ether oxygens (including phenoxy) is 2. The first-order valence-electron chi connectivity index (χ1n) is 9.24. The lowest BCUT2D eigenvalue weighted by Gasteiger charge is -2.49. The normalized spacial score (nSPS) is 24.8. The number of hydrogen-bond donors (Lipinski definition) is 0. The zero-order valence-electron chi connectivity index (χ0n) is 14.5. The first-order valence-corrected chi connectivity index (χ1v) is 9.24. The molecule has 2 aliphatic rings. The summed E-state index contributed by atoms with van der Waals surface area (Å²) < 4.78 is 11.5. The third-order valence-corrected chi connectivity index (χ3v) is 5.86. The fourth-order valence-corrected chi connectivity index (χ4v) is 4.18. The summed E-state index contributed by atoms with van der Waals surface area (Å²) in [6.07, 6.45) is 5.00. The van der Waals surface area contributed by atoms with E-state index >= 15 is 0 Å². The molecule has 0 radical (unpaired) electrons. The minimum absolute atomic E-state index is 0.469. The van der Waals surface area contributed by atoms with E-state index in [0.29, 0.717) is 11.3 Å². The molecule has 128 valence electrons. The highest BCUT2D eigenvalue weighted by atomic mass is 16.5. The molecule has 2 aliphatic heterocycles. The maximum Gasteiger partial charge on any atom is 0.0521 e. The van der Waals surface area contributed by atoms with Crippen molar-refractivity contribution in [2.45, 2.75) is 32.6 Å². The van der Waals surface area contributed by atoms with E-state index in [1.807, 2.05) is 0 Å². The molecule has 2 saturated heterocycles. The van der Waals surface area contributed by atoms with Crippen molar-refractivity contribution in [3.05, 3.63) is 35.9 Å². The number of likely N-dealkylation sites (tertiary alicyclic amines) is 1. The van der Waals surface area contributed by atoms with Crippen LogP contribution in [0.4, 0.5) is 0 Å². The molecule has 23 heavy (non-hydrogen) atoms. The Hall–Kier alpha value is -0.900. The Kier molecular flexibility index (Phi) is 6.09. The van der Waals surface area contributed by atoms with Gasteiger partial charge in [-0.3, -0.25) is 0 Å². The van der Waals surface area contributed by atoms with Crippen LogP contribution in [0.5, 0.6) is 0 Å². The second-order valence-corrected chi connectivity index (χ2v) is 7.12. The van der Waals surface area contributed by atoms with E-state index in [2.05, 4.69) is 42.2 Å². The molecule has 1 atom stereocenters. The minimum Gasteiger partial charge on any atom is -0.381 e. The molecule has 0 amide bonds. The predicted molar refractivity (Wildman–Crippen MR) is 93.7 cm³/mol. The fraction of sp³-hybridized carbons (Fsp3) is 0.700. The van der Waals surface area contributed by atoms with Gasteiger partial charge in [0.2, 0.25) is 0 Å². The van der Waals surface area contributed by atoms with Crippen LogP contribution in [-0.4, -0.2) is 51.0 Å². The van der Waals surface area contributed by atoms with E-state index in [0.717, 1.165) is 26.4 Å². The number of nitrogens with zero attached hydrogens (tertiary/aromatic N) is 1. The van der Waals surface area contributed by atoms with Crippen LogP contribution in [0.15, 0.2) is 30.3 Å². The minimum atomic E-state index is 0.469. The van der Waals surface area contributed by atoms with Gasteiger partial charge in [0, 0.05) is 25.7 Å². The number of hydrogen-bond acceptors (Lipinski definition) is 3. The molecular weight excluding hydrogens is 286 g/mol. The standard InChI is InChI=1S/C20H31NO2/c1-2-22-16-19-17-23-15-11-20(19)9-13-21(14-10-20)12-8-18-6-4-3-5-7-18/h3-7,19H,2,8-17H2,1H3/t19-/m0/s1. The van der Waals surface area contributed by atoms with Gasteiger partial charge in [-0.05, 0) is 56.7 Å². The molecule has 1 aromatic carbocycles. The van der Waals surface area contributed by atoms with Crippen LogP contribution in [0.1, 0.15) is 31.7 Å². The van der Waals surface area contributed by atoms with Crippen molar-refractivity contribution in [1.29, 1.82) is 0 Å². The molecule has 0 aromatic heterocycles. The van der Waals surface area contributed by atoms with Crippen molar-refractivity contribution < 1.29 is 9.47 Å². The fourth-order valence-electron chi connectivity index (χ4n) is 4.18. The van der Waals surface area contributed by atoms with Gasteiger partial charge >= 0.3 is 0 Å². The Balaban J connectivity index is 1.50. The highest BCUT2D eigenvalue weighted by Gasteiger charge is 2.43. The summed E-state index contributed by atoms with van der Waals surface area (Å²) in [5.41, 5.74) is 1.92. The topological polar surface area (TPSA) is 21.7 Å². The molecule has 1 aromatic rings. The Morgan fingerprint density at radius 1 is 1.17 bits per heavy atom. The largest absolute Gasteiger partial charge is 0.381 e. The van der Waals surface area contributed by atoms with Crippen molar-refractivity contribution >= 4 is 0 Å². The molecule has 3 nitrogen and oxygen atoms in total. The van der Waals surface area contributed by atoms with E-state index in [1.165, 1.54) is 50.9 Å². The van der Waals surface area contributed by atoms with E-state index < -0.39 is 0 Å². The molecule has 0 unspecified atom stereocenters. The Morgan fingerprint density at radius 2 is 1.96 bits per heavy atom. The lowest BCUT2D eigenvalue weighted by atomic mass is 9.66. The Labute approximate surface area is 141 Å². The van der Waals surface area contributed by atoms with Gasteiger partial charge in [-0.15, -0.1) is 0 Å². The van der Waals surface area contributed by atoms with Crippen molar-refractivity contribution in [2.75, 3.05) is 46.1 Å². The summed E-state index contributed by atoms with van der Waals surface area (Å²) in [6.45, 7) is 9.26. The summed E-state index contributed by atoms with van der Waals surface area (Å²) in [7, 11) is 0. The monoisotopic (exact) mass is 317 g/mol. The summed E-state index contributed by atoms with van der Waals surface area (Å²) in [5.74, 6) is 0.590. The van der Waals surface area contributed by atoms with Crippen LogP contribution in [0.3, 0.4) is 0 Å². The van der Waals surface area contributed by atoms with E-state index in [-0.39, 0.29) is 0 Å². The van der Waals surface area contributed by atoms with Crippen LogP contribution in [-0.2, 0) is 15.9 Å². The maximum atomic E-state index is 5.75. The van der Waals surface area contributed by atoms with E-state index in [4.69, 9.17) is 9.47 Å². The van der Waals surface area contributed by atoms with E-state index in [1.54, 1.807) is 0 Å². The van der Waals surface area contributed by atoms with Crippen LogP contribution >= 0.6 is 0 Å². The summed E-state index contributed by atoms with van der Waals surface area (Å²) in [6, 6.07) is 10.9.